The van der Waals surface area contributed by atoms with E-state index in [0.717, 1.165) is 16.9 Å². The first kappa shape index (κ1) is 11.9. The molecule has 1 heterocycles. The third-order valence-corrected chi connectivity index (χ3v) is 2.74. The molecule has 0 aliphatic rings. The summed E-state index contributed by atoms with van der Waals surface area (Å²) in [5.41, 5.74) is 7.08. The van der Waals surface area contributed by atoms with Crippen LogP contribution in [0.25, 0.3) is 11.0 Å². The van der Waals surface area contributed by atoms with Gasteiger partial charge in [0.2, 0.25) is 0 Å². The zero-order valence-corrected chi connectivity index (χ0v) is 9.74. The Morgan fingerprint density at radius 1 is 1.59 bits per heavy atom. The number of benzene rings is 1. The lowest BCUT2D eigenvalue weighted by Gasteiger charge is -2.03. The summed E-state index contributed by atoms with van der Waals surface area (Å²) in [6.07, 6.45) is 0.850. The predicted octanol–water partition coefficient (Wildman–Crippen LogP) is 1.56. The molecule has 0 amide bonds. The average Bonchev–Trinajstić information content (AvgIpc) is 2.67. The van der Waals surface area contributed by atoms with Crippen LogP contribution in [0.5, 0.6) is 0 Å². The number of nitrogens with one attached hydrogen (secondary N) is 1. The maximum absolute atomic E-state index is 10.6. The van der Waals surface area contributed by atoms with Gasteiger partial charge < -0.3 is 15.8 Å². The van der Waals surface area contributed by atoms with Crippen LogP contribution in [-0.4, -0.2) is 27.1 Å². The first-order valence-electron chi connectivity index (χ1n) is 5.19. The van der Waals surface area contributed by atoms with E-state index in [1.807, 2.05) is 6.07 Å². The van der Waals surface area contributed by atoms with Gasteiger partial charge in [0.1, 0.15) is 11.9 Å². The van der Waals surface area contributed by atoms with Crippen LogP contribution >= 0.6 is 11.6 Å². The van der Waals surface area contributed by atoms with Gasteiger partial charge in [0, 0.05) is 11.4 Å². The molecule has 1 aromatic carbocycles. The van der Waals surface area contributed by atoms with E-state index in [9.17, 15) is 4.79 Å². The maximum Gasteiger partial charge on any atom is 0.320 e. The zero-order valence-electron chi connectivity index (χ0n) is 8.98. The Kier molecular flexibility index (Phi) is 3.31. The van der Waals surface area contributed by atoms with E-state index in [0.29, 0.717) is 17.9 Å². The van der Waals surface area contributed by atoms with Crippen molar-refractivity contribution in [2.45, 2.75) is 18.9 Å². The van der Waals surface area contributed by atoms with Crippen molar-refractivity contribution in [3.8, 4) is 0 Å². The number of H-pyrrole nitrogens is 1. The molecule has 5 nitrogen and oxygen atoms in total. The number of rotatable bonds is 4. The molecule has 0 spiro atoms. The predicted molar refractivity (Wildman–Crippen MR) is 65.0 cm³/mol. The molecule has 0 fully saturated rings. The number of aromatic nitrogens is 2. The molecule has 0 bridgehead atoms. The molecule has 4 N–H and O–H groups in total. The Hall–Kier alpha value is -1.59. The largest absolute Gasteiger partial charge is 0.480 e. The Labute approximate surface area is 103 Å². The van der Waals surface area contributed by atoms with Gasteiger partial charge in [-0.2, -0.15) is 0 Å². The number of hydrogen-bond donors (Lipinski definition) is 3. The van der Waals surface area contributed by atoms with Crippen LogP contribution in [-0.2, 0) is 11.2 Å². The number of carboxylic acid groups (broad SMARTS) is 1. The molecule has 0 saturated heterocycles. The molecular weight excluding hydrogens is 242 g/mol. The van der Waals surface area contributed by atoms with E-state index in [4.69, 9.17) is 22.4 Å². The summed E-state index contributed by atoms with van der Waals surface area (Å²) in [5.74, 6) is -0.275. The minimum absolute atomic E-state index is 0.350. The van der Waals surface area contributed by atoms with Crippen molar-refractivity contribution in [1.29, 1.82) is 0 Å². The van der Waals surface area contributed by atoms with Crippen molar-refractivity contribution in [3.63, 3.8) is 0 Å². The van der Waals surface area contributed by atoms with E-state index in [2.05, 4.69) is 9.97 Å². The minimum atomic E-state index is -0.996. The Morgan fingerprint density at radius 2 is 2.35 bits per heavy atom. The second kappa shape index (κ2) is 4.73. The van der Waals surface area contributed by atoms with Crippen molar-refractivity contribution >= 4 is 28.6 Å². The van der Waals surface area contributed by atoms with Crippen LogP contribution in [0.4, 0.5) is 0 Å². The first-order valence-corrected chi connectivity index (χ1v) is 5.56. The SMILES string of the molecule is N[C@H](CCc1nc2ccc(Cl)cc2[nH]1)C(=O)O. The summed E-state index contributed by atoms with van der Waals surface area (Å²) in [4.78, 5) is 18.0. The smallest absolute Gasteiger partial charge is 0.320 e. The number of hydrogen-bond acceptors (Lipinski definition) is 3. The summed E-state index contributed by atoms with van der Waals surface area (Å²) < 4.78 is 0. The normalized spacial score (nSPS) is 12.8. The lowest BCUT2D eigenvalue weighted by Crippen LogP contribution is -2.30. The number of aryl methyl sites for hydroxylation is 1. The molecule has 1 atom stereocenters. The fourth-order valence-electron chi connectivity index (χ4n) is 1.57. The number of fused-ring (bicyclic) bond motifs is 1. The topological polar surface area (TPSA) is 92.0 Å². The van der Waals surface area contributed by atoms with Crippen molar-refractivity contribution < 1.29 is 9.90 Å². The van der Waals surface area contributed by atoms with Crippen molar-refractivity contribution in [2.75, 3.05) is 0 Å². The molecule has 17 heavy (non-hydrogen) atoms. The summed E-state index contributed by atoms with van der Waals surface area (Å²) in [6, 6.07) is 4.50. The third kappa shape index (κ3) is 2.75. The fourth-order valence-corrected chi connectivity index (χ4v) is 1.74. The van der Waals surface area contributed by atoms with Crippen LogP contribution in [0.3, 0.4) is 0 Å². The summed E-state index contributed by atoms with van der Waals surface area (Å²) >= 11 is 5.85. The van der Waals surface area contributed by atoms with Gasteiger partial charge in [0.05, 0.1) is 11.0 Å². The highest BCUT2D eigenvalue weighted by Gasteiger charge is 2.12. The third-order valence-electron chi connectivity index (χ3n) is 2.50. The van der Waals surface area contributed by atoms with Crippen molar-refractivity contribution in [1.82, 2.24) is 9.97 Å². The fraction of sp³-hybridized carbons (Fsp3) is 0.273. The van der Waals surface area contributed by atoms with Crippen LogP contribution in [0, 0.1) is 0 Å². The molecule has 1 aromatic heterocycles. The van der Waals surface area contributed by atoms with E-state index < -0.39 is 12.0 Å². The lowest BCUT2D eigenvalue weighted by atomic mass is 10.2. The van der Waals surface area contributed by atoms with Gasteiger partial charge in [0.25, 0.3) is 0 Å². The Bertz CT molecular complexity index is 553. The van der Waals surface area contributed by atoms with Crippen LogP contribution < -0.4 is 5.73 Å². The van der Waals surface area contributed by atoms with Crippen molar-refractivity contribution in [2.24, 2.45) is 5.73 Å². The van der Waals surface area contributed by atoms with Gasteiger partial charge in [-0.25, -0.2) is 4.98 Å². The highest BCUT2D eigenvalue weighted by Crippen LogP contribution is 2.17. The summed E-state index contributed by atoms with van der Waals surface area (Å²) in [6.45, 7) is 0. The van der Waals surface area contributed by atoms with Crippen LogP contribution in [0.15, 0.2) is 18.2 Å². The van der Waals surface area contributed by atoms with E-state index in [-0.39, 0.29) is 0 Å². The lowest BCUT2D eigenvalue weighted by molar-refractivity contribution is -0.138. The number of halogens is 1. The number of aliphatic carboxylic acids is 1. The average molecular weight is 254 g/mol. The van der Waals surface area contributed by atoms with E-state index >= 15 is 0 Å². The quantitative estimate of drug-likeness (QED) is 0.771. The molecule has 0 aliphatic heterocycles. The number of imidazole rings is 1. The van der Waals surface area contributed by atoms with Gasteiger partial charge in [-0.15, -0.1) is 0 Å². The maximum atomic E-state index is 10.6. The Balaban J connectivity index is 2.12. The Morgan fingerprint density at radius 3 is 3.06 bits per heavy atom. The molecule has 0 radical (unpaired) electrons. The number of carboxylic acids is 1. The zero-order chi connectivity index (χ0) is 12.4. The van der Waals surface area contributed by atoms with E-state index in [1.54, 1.807) is 12.1 Å². The monoisotopic (exact) mass is 253 g/mol. The molecule has 0 saturated carbocycles. The van der Waals surface area contributed by atoms with Gasteiger partial charge in [-0.1, -0.05) is 11.6 Å². The highest BCUT2D eigenvalue weighted by molar-refractivity contribution is 6.31. The van der Waals surface area contributed by atoms with Gasteiger partial charge in [-0.05, 0) is 24.6 Å². The number of aromatic amines is 1. The molecule has 90 valence electrons. The molecular formula is C11H12ClN3O2. The van der Waals surface area contributed by atoms with Gasteiger partial charge >= 0.3 is 5.97 Å². The first-order chi connectivity index (χ1) is 8.06. The van der Waals surface area contributed by atoms with Gasteiger partial charge in [-0.3, -0.25) is 4.79 Å². The standard InChI is InChI=1S/C11H12ClN3O2/c12-6-1-3-8-9(5-6)15-10(14-8)4-2-7(13)11(16)17/h1,3,5,7H,2,4,13H2,(H,14,15)(H,16,17)/t7-/m1/s1. The molecule has 6 heteroatoms. The number of nitrogens with two attached hydrogens (primary N) is 1. The summed E-state index contributed by atoms with van der Waals surface area (Å²) in [7, 11) is 0. The molecule has 0 aliphatic carbocycles. The summed E-state index contributed by atoms with van der Waals surface area (Å²) in [5, 5.41) is 9.30. The van der Waals surface area contributed by atoms with E-state index in [1.165, 1.54) is 0 Å². The molecule has 2 aromatic rings. The van der Waals surface area contributed by atoms with Crippen molar-refractivity contribution in [3.05, 3.63) is 29.0 Å². The number of carbonyl (C=O) groups is 1. The number of nitrogens with zero attached hydrogens (tertiary/aromatic N) is 1. The highest BCUT2D eigenvalue weighted by atomic mass is 35.5. The molecule has 0 unspecified atom stereocenters. The second-order valence-electron chi connectivity index (χ2n) is 3.83. The second-order valence-corrected chi connectivity index (χ2v) is 4.26. The van der Waals surface area contributed by atoms with Crippen LogP contribution in [0.1, 0.15) is 12.2 Å². The molecule has 2 rings (SSSR count). The van der Waals surface area contributed by atoms with Crippen LogP contribution in [0.2, 0.25) is 5.02 Å². The minimum Gasteiger partial charge on any atom is -0.480 e. The van der Waals surface area contributed by atoms with Gasteiger partial charge in [0.15, 0.2) is 0 Å².